The monoisotopic (exact) mass is 1410 g/mol. The molecule has 3 N–H and O–H groups in total. The van der Waals surface area contributed by atoms with Crippen molar-refractivity contribution in [1.82, 2.24) is 0 Å². The zero-order chi connectivity index (χ0) is 71.5. The first kappa shape index (κ1) is 96.2. The number of hydrogen-bond acceptors (Lipinski definition) is 8. The Bertz CT molecular complexity index is 1910. The minimum atomic E-state index is -4.40. The fraction of sp³-hybridized carbons (Fsp3) is 0.820. The molecule has 578 valence electrons. The van der Waals surface area contributed by atoms with Crippen molar-refractivity contribution in [2.75, 3.05) is 26.4 Å². The summed E-state index contributed by atoms with van der Waals surface area (Å²) in [6.07, 6.45) is 115. The standard InChI is InChI=1S/C89H164NO8P/c1-3-5-7-9-11-13-15-17-19-21-23-25-27-29-31-33-35-37-39-41-42-43-44-46-48-50-52-54-56-58-60-62-64-66-68-70-72-74-76-78-80-82-89(92)98-87(86-97-99(93,94)96-84-83-90)85-95-88(91)81-79-77-75-73-71-69-67-65-63-61-59-57-55-53-51-49-47-45-40-38-36-34-32-30-28-26-24-22-20-18-16-14-12-10-8-6-4-2/h5,7,11,13,16-19,22-25,28,30,87H,3-4,6,8-10,12,14-15,20-21,26-27,29,31-86,90H2,1-2H3,(H,93,94)/b7-5-,13-11-,18-16-,19-17-,24-22-,25-23-,30-28-. The summed E-state index contributed by atoms with van der Waals surface area (Å²) in [5.74, 6) is -0.803. The molecule has 2 atom stereocenters. The van der Waals surface area contributed by atoms with Crippen molar-refractivity contribution in [1.29, 1.82) is 0 Å². The lowest BCUT2D eigenvalue weighted by Crippen LogP contribution is -2.29. The van der Waals surface area contributed by atoms with Crippen LogP contribution in [0.15, 0.2) is 85.1 Å². The van der Waals surface area contributed by atoms with E-state index in [0.29, 0.717) is 6.42 Å². The van der Waals surface area contributed by atoms with Gasteiger partial charge in [-0.3, -0.25) is 18.6 Å². The first-order chi connectivity index (χ1) is 48.8. The Morgan fingerprint density at radius 2 is 0.556 bits per heavy atom. The van der Waals surface area contributed by atoms with Gasteiger partial charge in [-0.15, -0.1) is 0 Å². The molecule has 10 heteroatoms. The SMILES string of the molecule is CC/C=C\C/C=C\C/C=C\C/C=C\CCCCCCCCCCCCCCCCCCCCCCCCCCCCCCC(=O)OC(COC(=O)CCCCCCCCCCCCCCCCCCCCCCCC/C=C\C/C=C\C/C=C\CCCCCCC)COP(=O)(O)OCCN. The molecule has 0 amide bonds. The van der Waals surface area contributed by atoms with Gasteiger partial charge in [0.05, 0.1) is 13.2 Å². The van der Waals surface area contributed by atoms with E-state index in [1.807, 2.05) is 0 Å². The number of hydrogen-bond donors (Lipinski definition) is 2. The predicted octanol–water partition coefficient (Wildman–Crippen LogP) is 29.2. The third kappa shape index (κ3) is 84.0. The van der Waals surface area contributed by atoms with Crippen molar-refractivity contribution in [2.45, 2.75) is 444 Å². The van der Waals surface area contributed by atoms with Crippen LogP contribution in [-0.4, -0.2) is 49.3 Å². The van der Waals surface area contributed by atoms with Crippen LogP contribution >= 0.6 is 7.82 Å². The van der Waals surface area contributed by atoms with Crippen LogP contribution in [0.4, 0.5) is 0 Å². The Labute approximate surface area is 614 Å². The smallest absolute Gasteiger partial charge is 0.462 e. The second-order valence-corrected chi connectivity index (χ2v) is 30.5. The van der Waals surface area contributed by atoms with Crippen LogP contribution in [0.3, 0.4) is 0 Å². The van der Waals surface area contributed by atoms with Gasteiger partial charge in [-0.05, 0) is 89.9 Å². The molecule has 99 heavy (non-hydrogen) atoms. The molecule has 0 aromatic rings. The van der Waals surface area contributed by atoms with E-state index < -0.39 is 26.5 Å². The molecule has 0 radical (unpaired) electrons. The molecule has 0 fully saturated rings. The number of phosphoric acid groups is 1. The molecule has 0 aromatic heterocycles. The molecule has 0 aliphatic carbocycles. The molecule has 0 aliphatic heterocycles. The predicted molar refractivity (Wildman–Crippen MR) is 432 cm³/mol. The van der Waals surface area contributed by atoms with Crippen LogP contribution < -0.4 is 5.73 Å². The van der Waals surface area contributed by atoms with Gasteiger partial charge in [-0.2, -0.15) is 0 Å². The van der Waals surface area contributed by atoms with Crippen LogP contribution in [0, 0.1) is 0 Å². The van der Waals surface area contributed by atoms with E-state index in [0.717, 1.165) is 70.6 Å². The lowest BCUT2D eigenvalue weighted by atomic mass is 10.0. The first-order valence-corrected chi connectivity index (χ1v) is 44.6. The number of ether oxygens (including phenoxy) is 2. The van der Waals surface area contributed by atoms with Crippen LogP contribution in [-0.2, 0) is 32.7 Å². The summed E-state index contributed by atoms with van der Waals surface area (Å²) in [5.41, 5.74) is 5.42. The summed E-state index contributed by atoms with van der Waals surface area (Å²) in [4.78, 5) is 35.5. The lowest BCUT2D eigenvalue weighted by Gasteiger charge is -2.19. The Kier molecular flexibility index (Phi) is 81.7. The van der Waals surface area contributed by atoms with Gasteiger partial charge in [0, 0.05) is 19.4 Å². The second-order valence-electron chi connectivity index (χ2n) is 29.0. The second kappa shape index (κ2) is 84.1. The molecular formula is C89H164NO8P. The van der Waals surface area contributed by atoms with Gasteiger partial charge in [0.1, 0.15) is 6.61 Å². The van der Waals surface area contributed by atoms with Crippen molar-refractivity contribution >= 4 is 19.8 Å². The molecule has 0 saturated heterocycles. The molecule has 0 heterocycles. The highest BCUT2D eigenvalue weighted by Crippen LogP contribution is 2.43. The maximum atomic E-state index is 12.8. The quantitative estimate of drug-likeness (QED) is 0.0264. The molecular weight excluding hydrogens is 1240 g/mol. The third-order valence-electron chi connectivity index (χ3n) is 19.3. The van der Waals surface area contributed by atoms with E-state index in [1.54, 1.807) is 0 Å². The number of phosphoric ester groups is 1. The third-order valence-corrected chi connectivity index (χ3v) is 20.2. The largest absolute Gasteiger partial charge is 0.472 e. The van der Waals surface area contributed by atoms with Crippen molar-refractivity contribution < 1.29 is 37.6 Å². The number of esters is 2. The Hall–Kier alpha value is -2.81. The molecule has 0 rings (SSSR count). The average molecular weight is 1410 g/mol. The van der Waals surface area contributed by atoms with Gasteiger partial charge in [0.25, 0.3) is 0 Å². The van der Waals surface area contributed by atoms with E-state index >= 15 is 0 Å². The topological polar surface area (TPSA) is 134 Å². The van der Waals surface area contributed by atoms with Crippen LogP contribution in [0.2, 0.25) is 0 Å². The summed E-state index contributed by atoms with van der Waals surface area (Å²) in [7, 11) is -4.40. The first-order valence-electron chi connectivity index (χ1n) is 43.1. The average Bonchev–Trinajstić information content (AvgIpc) is 1.19. The maximum Gasteiger partial charge on any atom is 0.472 e. The van der Waals surface area contributed by atoms with E-state index in [4.69, 9.17) is 24.3 Å². The molecule has 2 unspecified atom stereocenters. The lowest BCUT2D eigenvalue weighted by molar-refractivity contribution is -0.161. The van der Waals surface area contributed by atoms with E-state index in [9.17, 15) is 19.0 Å². The fourth-order valence-corrected chi connectivity index (χ4v) is 13.7. The van der Waals surface area contributed by atoms with Gasteiger partial charge < -0.3 is 20.1 Å². The normalized spacial score (nSPS) is 13.2. The van der Waals surface area contributed by atoms with Crippen LogP contribution in [0.1, 0.15) is 438 Å². The molecule has 9 nitrogen and oxygen atoms in total. The highest BCUT2D eigenvalue weighted by Gasteiger charge is 2.26. The zero-order valence-electron chi connectivity index (χ0n) is 65.5. The number of nitrogens with two attached hydrogens (primary N) is 1. The molecule has 0 aliphatic rings. The number of rotatable bonds is 82. The van der Waals surface area contributed by atoms with Crippen molar-refractivity contribution in [3.63, 3.8) is 0 Å². The van der Waals surface area contributed by atoms with Crippen molar-refractivity contribution in [3.8, 4) is 0 Å². The highest BCUT2D eigenvalue weighted by atomic mass is 31.2. The van der Waals surface area contributed by atoms with E-state index in [2.05, 4.69) is 98.9 Å². The molecule has 0 spiro atoms. The fourth-order valence-electron chi connectivity index (χ4n) is 12.9. The summed E-state index contributed by atoms with van der Waals surface area (Å²) in [5, 5.41) is 0. The number of allylic oxidation sites excluding steroid dienone is 14. The maximum absolute atomic E-state index is 12.8. The minimum Gasteiger partial charge on any atom is -0.462 e. The Morgan fingerprint density at radius 3 is 0.828 bits per heavy atom. The van der Waals surface area contributed by atoms with Crippen LogP contribution in [0.5, 0.6) is 0 Å². The summed E-state index contributed by atoms with van der Waals surface area (Å²) in [6, 6.07) is 0. The summed E-state index contributed by atoms with van der Waals surface area (Å²) < 4.78 is 33.3. The minimum absolute atomic E-state index is 0.0550. The van der Waals surface area contributed by atoms with Gasteiger partial charge in [-0.1, -0.05) is 420 Å². The molecule has 0 saturated carbocycles. The van der Waals surface area contributed by atoms with Crippen LogP contribution in [0.25, 0.3) is 0 Å². The zero-order valence-corrected chi connectivity index (χ0v) is 66.4. The van der Waals surface area contributed by atoms with Crippen molar-refractivity contribution in [3.05, 3.63) is 85.1 Å². The highest BCUT2D eigenvalue weighted by molar-refractivity contribution is 7.47. The number of carbonyl (C=O) groups is 2. The number of unbranched alkanes of at least 4 members (excludes halogenated alkanes) is 55. The van der Waals surface area contributed by atoms with Gasteiger partial charge in [0.15, 0.2) is 6.10 Å². The van der Waals surface area contributed by atoms with Gasteiger partial charge in [0.2, 0.25) is 0 Å². The Balaban J connectivity index is 3.72. The van der Waals surface area contributed by atoms with E-state index in [1.165, 1.54) is 334 Å². The Morgan fingerprint density at radius 1 is 0.313 bits per heavy atom. The van der Waals surface area contributed by atoms with Gasteiger partial charge in [-0.25, -0.2) is 4.57 Å². The van der Waals surface area contributed by atoms with Crippen molar-refractivity contribution in [2.24, 2.45) is 5.73 Å². The summed E-state index contributed by atoms with van der Waals surface area (Å²) in [6.45, 7) is 3.69. The molecule has 0 bridgehead atoms. The summed E-state index contributed by atoms with van der Waals surface area (Å²) >= 11 is 0. The van der Waals surface area contributed by atoms with Gasteiger partial charge >= 0.3 is 19.8 Å². The molecule has 0 aromatic carbocycles. The van der Waals surface area contributed by atoms with E-state index in [-0.39, 0.29) is 38.6 Å². The number of carbonyl (C=O) groups excluding carboxylic acids is 2.